The number of benzene rings is 2. The molecule has 0 radical (unpaired) electrons. The molecule has 26 heavy (non-hydrogen) atoms. The molecule has 136 valence electrons. The van der Waals surface area contributed by atoms with E-state index < -0.39 is 16.0 Å². The molecule has 0 amide bonds. The molecule has 7 heteroatoms. The minimum absolute atomic E-state index is 0.0800. The van der Waals surface area contributed by atoms with Gasteiger partial charge < -0.3 is 9.84 Å². The van der Waals surface area contributed by atoms with E-state index in [9.17, 15) is 13.2 Å². The van der Waals surface area contributed by atoms with E-state index in [4.69, 9.17) is 9.84 Å². The zero-order valence-electron chi connectivity index (χ0n) is 14.3. The summed E-state index contributed by atoms with van der Waals surface area (Å²) < 4.78 is 32.8. The smallest absolute Gasteiger partial charge is 0.303 e. The Morgan fingerprint density at radius 1 is 1.15 bits per heavy atom. The highest BCUT2D eigenvalue weighted by Gasteiger charge is 2.21. The third-order valence-corrected chi connectivity index (χ3v) is 5.73. The first-order valence-electron chi connectivity index (χ1n) is 8.22. The highest BCUT2D eigenvalue weighted by atomic mass is 32.2. The Labute approximate surface area is 151 Å². The maximum Gasteiger partial charge on any atom is 0.303 e. The molecule has 3 rings (SSSR count). The predicted molar refractivity (Wildman–Crippen MR) is 98.1 cm³/mol. The van der Waals surface area contributed by atoms with E-state index in [0.29, 0.717) is 28.8 Å². The lowest BCUT2D eigenvalue weighted by Gasteiger charge is -2.08. The van der Waals surface area contributed by atoms with Gasteiger partial charge in [0.05, 0.1) is 17.0 Å². The van der Waals surface area contributed by atoms with Gasteiger partial charge in [-0.2, -0.15) is 0 Å². The van der Waals surface area contributed by atoms with Crippen molar-refractivity contribution in [2.45, 2.75) is 24.7 Å². The molecule has 1 heterocycles. The number of carbonyl (C=O) groups is 1. The van der Waals surface area contributed by atoms with Crippen LogP contribution in [0.3, 0.4) is 0 Å². The van der Waals surface area contributed by atoms with Gasteiger partial charge >= 0.3 is 5.97 Å². The molecule has 0 atom stereocenters. The Morgan fingerprint density at radius 3 is 2.54 bits per heavy atom. The first-order valence-corrected chi connectivity index (χ1v) is 9.66. The van der Waals surface area contributed by atoms with Gasteiger partial charge in [-0.15, -0.1) is 0 Å². The first kappa shape index (κ1) is 18.0. The van der Waals surface area contributed by atoms with Crippen molar-refractivity contribution in [3.63, 3.8) is 0 Å². The number of fused-ring (bicyclic) bond motifs is 1. The molecule has 0 saturated heterocycles. The van der Waals surface area contributed by atoms with E-state index in [1.54, 1.807) is 36.4 Å². The van der Waals surface area contributed by atoms with E-state index in [1.165, 1.54) is 22.3 Å². The van der Waals surface area contributed by atoms with Gasteiger partial charge in [-0.3, -0.25) is 4.79 Å². The highest BCUT2D eigenvalue weighted by Crippen LogP contribution is 2.30. The zero-order chi connectivity index (χ0) is 18.7. The van der Waals surface area contributed by atoms with Crippen molar-refractivity contribution < 1.29 is 23.1 Å². The van der Waals surface area contributed by atoms with Crippen LogP contribution in [-0.2, 0) is 21.2 Å². The van der Waals surface area contributed by atoms with E-state index in [2.05, 4.69) is 0 Å². The van der Waals surface area contributed by atoms with Gasteiger partial charge in [-0.05, 0) is 49.2 Å². The van der Waals surface area contributed by atoms with Crippen molar-refractivity contribution in [2.75, 3.05) is 6.61 Å². The van der Waals surface area contributed by atoms with Crippen molar-refractivity contribution in [2.24, 2.45) is 0 Å². The molecule has 1 N–H and O–H groups in total. The molecule has 0 bridgehead atoms. The van der Waals surface area contributed by atoms with Crippen LogP contribution in [0.2, 0.25) is 0 Å². The number of hydrogen-bond acceptors (Lipinski definition) is 4. The number of hydrogen-bond donors (Lipinski definition) is 1. The summed E-state index contributed by atoms with van der Waals surface area (Å²) in [5.41, 5.74) is 1.15. The quantitative estimate of drug-likeness (QED) is 0.687. The molecule has 0 unspecified atom stereocenters. The van der Waals surface area contributed by atoms with E-state index in [0.717, 1.165) is 0 Å². The van der Waals surface area contributed by atoms with Crippen molar-refractivity contribution in [3.05, 3.63) is 60.3 Å². The van der Waals surface area contributed by atoms with Crippen LogP contribution in [-0.4, -0.2) is 30.1 Å². The summed E-state index contributed by atoms with van der Waals surface area (Å²) in [5.74, 6) is -0.316. The first-order chi connectivity index (χ1) is 12.4. The molecule has 6 nitrogen and oxygen atoms in total. The molecule has 3 aromatic rings. The molecule has 0 spiro atoms. The number of ether oxygens (including phenoxy) is 1. The van der Waals surface area contributed by atoms with Gasteiger partial charge in [0.25, 0.3) is 10.0 Å². The number of carboxylic acids is 1. The second kappa shape index (κ2) is 7.21. The molecule has 0 fully saturated rings. The Morgan fingerprint density at radius 2 is 1.88 bits per heavy atom. The fourth-order valence-corrected chi connectivity index (χ4v) is 4.26. The van der Waals surface area contributed by atoms with Crippen LogP contribution in [0.4, 0.5) is 0 Å². The summed E-state index contributed by atoms with van der Waals surface area (Å²) in [5, 5.41) is 9.66. The van der Waals surface area contributed by atoms with Crippen molar-refractivity contribution in [1.82, 2.24) is 3.97 Å². The normalized spacial score (nSPS) is 11.6. The van der Waals surface area contributed by atoms with E-state index in [1.807, 2.05) is 6.92 Å². The summed E-state index contributed by atoms with van der Waals surface area (Å²) in [4.78, 5) is 11.1. The fourth-order valence-electron chi connectivity index (χ4n) is 2.85. The Hall–Kier alpha value is -2.80. The number of aryl methyl sites for hydroxylation is 1. The minimum Gasteiger partial charge on any atom is -0.494 e. The molecule has 1 aromatic heterocycles. The topological polar surface area (TPSA) is 85.6 Å². The van der Waals surface area contributed by atoms with Gasteiger partial charge in [0.15, 0.2) is 0 Å². The van der Waals surface area contributed by atoms with Crippen LogP contribution in [0.5, 0.6) is 5.75 Å². The maximum atomic E-state index is 13.0. The summed E-state index contributed by atoms with van der Waals surface area (Å²) >= 11 is 0. The van der Waals surface area contributed by atoms with Crippen LogP contribution in [0.15, 0.2) is 59.6 Å². The van der Waals surface area contributed by atoms with Gasteiger partial charge in [0.1, 0.15) is 5.75 Å². The van der Waals surface area contributed by atoms with Crippen LogP contribution in [0.1, 0.15) is 18.9 Å². The average Bonchev–Trinajstić information content (AvgIpc) is 3.00. The van der Waals surface area contributed by atoms with Gasteiger partial charge in [0.2, 0.25) is 0 Å². The SMILES string of the molecule is CCOc1ccc2c(c1)c(CCC(=O)O)cn2S(=O)(=O)c1ccccc1. The Balaban J connectivity index is 2.18. The fraction of sp³-hybridized carbons (Fsp3) is 0.211. The van der Waals surface area contributed by atoms with Gasteiger partial charge in [-0.25, -0.2) is 12.4 Å². The molecule has 0 aliphatic heterocycles. The molecular weight excluding hydrogens is 354 g/mol. The molecule has 0 aliphatic rings. The number of aliphatic carboxylic acids is 1. The summed E-state index contributed by atoms with van der Waals surface area (Å²) in [6, 6.07) is 13.3. The third kappa shape index (κ3) is 3.43. The third-order valence-electron chi connectivity index (χ3n) is 4.04. The second-order valence-corrected chi connectivity index (χ2v) is 7.59. The van der Waals surface area contributed by atoms with Crippen LogP contribution in [0, 0.1) is 0 Å². The Kier molecular flexibility index (Phi) is 4.99. The van der Waals surface area contributed by atoms with Crippen molar-refractivity contribution in [3.8, 4) is 5.75 Å². The summed E-state index contributed by atoms with van der Waals surface area (Å²) in [7, 11) is -3.78. The van der Waals surface area contributed by atoms with E-state index in [-0.39, 0.29) is 17.7 Å². The lowest BCUT2D eigenvalue weighted by atomic mass is 10.1. The number of aromatic nitrogens is 1. The standard InChI is InChI=1S/C19H19NO5S/c1-2-25-15-9-10-18-17(12-15)14(8-11-19(21)22)13-20(18)26(23,24)16-6-4-3-5-7-16/h3-7,9-10,12-13H,2,8,11H2,1H3,(H,21,22). The van der Waals surface area contributed by atoms with Crippen LogP contribution >= 0.6 is 0 Å². The number of carboxylic acid groups (broad SMARTS) is 1. The monoisotopic (exact) mass is 373 g/mol. The van der Waals surface area contributed by atoms with E-state index >= 15 is 0 Å². The average molecular weight is 373 g/mol. The van der Waals surface area contributed by atoms with Crippen molar-refractivity contribution in [1.29, 1.82) is 0 Å². The summed E-state index contributed by atoms with van der Waals surface area (Å²) in [6.45, 7) is 2.35. The van der Waals surface area contributed by atoms with Crippen LogP contribution < -0.4 is 4.74 Å². The maximum absolute atomic E-state index is 13.0. The molecule has 2 aromatic carbocycles. The zero-order valence-corrected chi connectivity index (χ0v) is 15.1. The Bertz CT molecular complexity index is 1040. The lowest BCUT2D eigenvalue weighted by molar-refractivity contribution is -0.136. The second-order valence-electron chi connectivity index (χ2n) is 5.77. The highest BCUT2D eigenvalue weighted by molar-refractivity contribution is 7.90. The molecule has 0 saturated carbocycles. The van der Waals surface area contributed by atoms with Gasteiger partial charge in [-0.1, -0.05) is 18.2 Å². The number of nitrogens with zero attached hydrogens (tertiary/aromatic N) is 1. The minimum atomic E-state index is -3.78. The van der Waals surface area contributed by atoms with Crippen LogP contribution in [0.25, 0.3) is 10.9 Å². The predicted octanol–water partition coefficient (Wildman–Crippen LogP) is 3.29. The lowest BCUT2D eigenvalue weighted by Crippen LogP contribution is -2.11. The molecule has 0 aliphatic carbocycles. The van der Waals surface area contributed by atoms with Crippen molar-refractivity contribution >= 4 is 26.9 Å². The summed E-state index contributed by atoms with van der Waals surface area (Å²) in [6.07, 6.45) is 1.66. The molecular formula is C19H19NO5S. The number of rotatable bonds is 7. The largest absolute Gasteiger partial charge is 0.494 e. The van der Waals surface area contributed by atoms with Gasteiger partial charge in [0, 0.05) is 18.0 Å².